The minimum atomic E-state index is -0.538. The average molecular weight is 444 g/mol. The Labute approximate surface area is 167 Å². The van der Waals surface area contributed by atoms with Crippen molar-refractivity contribution in [2.75, 3.05) is 7.11 Å². The third kappa shape index (κ3) is 11.0. The number of pyridine rings is 2. The topological polar surface area (TPSA) is 103 Å². The third-order valence-electron chi connectivity index (χ3n) is 2.33. The molecule has 7 nitrogen and oxygen atoms in total. The summed E-state index contributed by atoms with van der Waals surface area (Å²) in [5, 5.41) is 0.324. The molecule has 0 aliphatic heterocycles. The summed E-state index contributed by atoms with van der Waals surface area (Å²) in [6, 6.07) is 2.53. The largest absolute Gasteiger partial charge is 0.479 e. The van der Waals surface area contributed by atoms with Crippen molar-refractivity contribution in [3.8, 4) is 5.88 Å². The van der Waals surface area contributed by atoms with E-state index in [1.54, 1.807) is 13.8 Å². The van der Waals surface area contributed by atoms with E-state index < -0.39 is 11.6 Å². The number of nitrogens with zero attached hydrogens (tertiary/aromatic N) is 2. The van der Waals surface area contributed by atoms with Gasteiger partial charge in [0.25, 0.3) is 5.88 Å². The van der Waals surface area contributed by atoms with Gasteiger partial charge in [-0.15, -0.1) is 0 Å². The molecule has 0 aromatic carbocycles. The molecule has 146 valence electrons. The Bertz CT molecular complexity index is 763. The Hall–Kier alpha value is -2.41. The lowest BCUT2D eigenvalue weighted by Crippen LogP contribution is -1.93. The Morgan fingerprint density at radius 2 is 1.19 bits per heavy atom. The van der Waals surface area contributed by atoms with Crippen molar-refractivity contribution < 1.29 is 32.7 Å². The van der Waals surface area contributed by atoms with E-state index >= 15 is 0 Å². The summed E-state index contributed by atoms with van der Waals surface area (Å²) < 4.78 is 29.9. The molecule has 0 spiro atoms. The van der Waals surface area contributed by atoms with Crippen LogP contribution in [0.2, 0.25) is 15.5 Å². The summed E-state index contributed by atoms with van der Waals surface area (Å²) in [6.07, 6.45) is 0.500. The summed E-state index contributed by atoms with van der Waals surface area (Å²) in [6.45, 7) is 3.34. The van der Waals surface area contributed by atoms with Crippen molar-refractivity contribution in [3.63, 3.8) is 0 Å². The summed E-state index contributed by atoms with van der Waals surface area (Å²) in [4.78, 5) is 39.7. The number of carbonyl (C=O) groups excluding carboxylic acids is 4. The molecule has 2 heterocycles. The fourth-order valence-corrected chi connectivity index (χ4v) is 1.67. The smallest absolute Gasteiger partial charge is 0.373 e. The molecule has 0 bridgehead atoms. The maximum absolute atomic E-state index is 12.8. The lowest BCUT2D eigenvalue weighted by atomic mass is 10.3. The summed E-state index contributed by atoms with van der Waals surface area (Å²) in [7, 11) is 1.34. The fourth-order valence-electron chi connectivity index (χ4n) is 1.22. The number of halogens is 5. The van der Waals surface area contributed by atoms with Crippen LogP contribution in [0, 0.1) is 25.5 Å². The van der Waals surface area contributed by atoms with E-state index in [0.717, 1.165) is 0 Å². The van der Waals surface area contributed by atoms with Gasteiger partial charge in [0.15, 0.2) is 16.8 Å². The van der Waals surface area contributed by atoms with Gasteiger partial charge in [0.05, 0.1) is 7.11 Å². The number of rotatable bonds is 1. The van der Waals surface area contributed by atoms with E-state index in [1.165, 1.54) is 19.2 Å². The number of hydrogen-bond acceptors (Lipinski definition) is 7. The van der Waals surface area contributed by atoms with E-state index in [9.17, 15) is 8.78 Å². The molecule has 0 unspecified atom stereocenters. The monoisotopic (exact) mass is 442 g/mol. The minimum absolute atomic E-state index is 0.0689. The second-order valence-corrected chi connectivity index (χ2v) is 5.20. The van der Waals surface area contributed by atoms with Gasteiger partial charge in [0, 0.05) is 0 Å². The molecule has 12 heteroatoms. The van der Waals surface area contributed by atoms with Crippen LogP contribution in [0.4, 0.5) is 8.78 Å². The number of aromatic nitrogens is 2. The highest BCUT2D eigenvalue weighted by atomic mass is 35.5. The van der Waals surface area contributed by atoms with Crippen LogP contribution in [0.15, 0.2) is 12.1 Å². The normalized spacial score (nSPS) is 8.30. The van der Waals surface area contributed by atoms with Crippen LogP contribution < -0.4 is 4.74 Å². The first-order valence-corrected chi connectivity index (χ1v) is 7.56. The van der Waals surface area contributed by atoms with E-state index in [4.69, 9.17) is 54.0 Å². The lowest BCUT2D eigenvalue weighted by Gasteiger charge is -2.02. The first-order valence-electron chi connectivity index (χ1n) is 6.42. The van der Waals surface area contributed by atoms with Crippen LogP contribution in [0.5, 0.6) is 5.88 Å². The number of methoxy groups -OCH3 is 1. The van der Waals surface area contributed by atoms with Crippen molar-refractivity contribution in [2.45, 2.75) is 13.8 Å². The highest BCUT2D eigenvalue weighted by molar-refractivity contribution is 6.32. The molecule has 0 amide bonds. The predicted octanol–water partition coefficient (Wildman–Crippen LogP) is 3.86. The molecule has 0 atom stereocenters. The van der Waals surface area contributed by atoms with Gasteiger partial charge in [-0.25, -0.2) is 13.8 Å². The van der Waals surface area contributed by atoms with Crippen LogP contribution in [-0.4, -0.2) is 29.4 Å². The van der Waals surface area contributed by atoms with Crippen molar-refractivity contribution >= 4 is 47.1 Å². The second kappa shape index (κ2) is 14.7. The molecule has 2 rings (SSSR count). The fraction of sp³-hybridized carbons (Fsp3) is 0.200. The Morgan fingerprint density at radius 3 is 1.56 bits per heavy atom. The number of ether oxygens (including phenoxy) is 1. The highest BCUT2D eigenvalue weighted by Gasteiger charge is 2.06. The Balaban J connectivity index is 0. The van der Waals surface area contributed by atoms with Gasteiger partial charge in [0.2, 0.25) is 0 Å². The SMILES string of the molecule is COc1nc(Cl)c(C)cc1F.Cc1cc(F)c(Cl)nc1Cl.O=C=O.O=C=O. The Kier molecular flexibility index (Phi) is 14.6. The average Bonchev–Trinajstić information content (AvgIpc) is 2.58. The lowest BCUT2D eigenvalue weighted by molar-refractivity contribution is -0.193. The van der Waals surface area contributed by atoms with E-state index in [0.29, 0.717) is 11.1 Å². The van der Waals surface area contributed by atoms with Crippen LogP contribution in [0.1, 0.15) is 11.1 Å². The molecule has 0 fully saturated rings. The maximum Gasteiger partial charge on any atom is 0.373 e. The predicted molar refractivity (Wildman–Crippen MR) is 89.5 cm³/mol. The minimum Gasteiger partial charge on any atom is -0.479 e. The van der Waals surface area contributed by atoms with Gasteiger partial charge in [-0.2, -0.15) is 24.2 Å². The van der Waals surface area contributed by atoms with Gasteiger partial charge in [0.1, 0.15) is 10.3 Å². The van der Waals surface area contributed by atoms with Gasteiger partial charge >= 0.3 is 12.3 Å². The zero-order valence-electron chi connectivity index (χ0n) is 14.0. The first-order chi connectivity index (χ1) is 12.6. The third-order valence-corrected chi connectivity index (χ3v) is 3.36. The highest BCUT2D eigenvalue weighted by Crippen LogP contribution is 2.20. The molecular formula is C15H11Cl3F2N2O5. The molecule has 0 aliphatic rings. The quantitative estimate of drug-likeness (QED) is 0.616. The van der Waals surface area contributed by atoms with Crippen LogP contribution in [-0.2, 0) is 19.2 Å². The molecule has 27 heavy (non-hydrogen) atoms. The zero-order chi connectivity index (χ0) is 21.6. The van der Waals surface area contributed by atoms with Crippen molar-refractivity contribution in [3.05, 3.63) is 50.4 Å². The summed E-state index contributed by atoms with van der Waals surface area (Å²) >= 11 is 16.4. The molecule has 2 aromatic heterocycles. The van der Waals surface area contributed by atoms with E-state index in [1.807, 2.05) is 0 Å². The summed E-state index contributed by atoms with van der Waals surface area (Å²) in [5.41, 5.74) is 1.19. The zero-order valence-corrected chi connectivity index (χ0v) is 16.2. The van der Waals surface area contributed by atoms with E-state index in [-0.39, 0.29) is 33.6 Å². The van der Waals surface area contributed by atoms with Gasteiger partial charge in [-0.3, -0.25) is 0 Å². The maximum atomic E-state index is 12.8. The van der Waals surface area contributed by atoms with Crippen LogP contribution in [0.3, 0.4) is 0 Å². The molecule has 0 N–H and O–H groups in total. The molecular weight excluding hydrogens is 433 g/mol. The standard InChI is InChI=1S/C7H7ClFNO.C6H4Cl2FN.2CO2/c1-4-3-5(9)7(11-2)10-6(4)8;1-3-2-4(9)6(8)10-5(3)7;2*2-1-3/h3H,1-2H3;2H,1H3;;. The molecule has 0 aliphatic carbocycles. The van der Waals surface area contributed by atoms with Gasteiger partial charge in [-0.05, 0) is 37.1 Å². The van der Waals surface area contributed by atoms with Crippen LogP contribution in [0.25, 0.3) is 0 Å². The van der Waals surface area contributed by atoms with Gasteiger partial charge < -0.3 is 4.74 Å². The molecule has 2 aromatic rings. The number of aryl methyl sites for hydroxylation is 2. The van der Waals surface area contributed by atoms with Crippen LogP contribution >= 0.6 is 34.8 Å². The van der Waals surface area contributed by atoms with E-state index in [2.05, 4.69) is 14.7 Å². The van der Waals surface area contributed by atoms with Crippen molar-refractivity contribution in [1.82, 2.24) is 9.97 Å². The molecule has 0 saturated heterocycles. The molecule has 0 saturated carbocycles. The van der Waals surface area contributed by atoms with Crippen molar-refractivity contribution in [1.29, 1.82) is 0 Å². The first kappa shape index (κ1) is 26.8. The second-order valence-electron chi connectivity index (χ2n) is 4.12. The van der Waals surface area contributed by atoms with Gasteiger partial charge in [-0.1, -0.05) is 34.8 Å². The van der Waals surface area contributed by atoms with Crippen molar-refractivity contribution in [2.24, 2.45) is 0 Å². The molecule has 0 radical (unpaired) electrons. The summed E-state index contributed by atoms with van der Waals surface area (Å²) in [5.74, 6) is -1.10. The number of hydrogen-bond donors (Lipinski definition) is 0. The Morgan fingerprint density at radius 1 is 0.815 bits per heavy atom.